The Kier molecular flexibility index (Phi) is 5.17. The number of nitrogens with zero attached hydrogens (tertiary/aromatic N) is 2. The topological polar surface area (TPSA) is 59.5 Å². The maximum atomic E-state index is 12.5. The second-order valence-corrected chi connectivity index (χ2v) is 10.7. The van der Waals surface area contributed by atoms with E-state index in [2.05, 4.69) is 11.1 Å². The minimum absolute atomic E-state index is 0.0197. The van der Waals surface area contributed by atoms with Crippen molar-refractivity contribution in [1.82, 2.24) is 9.29 Å². The average Bonchev–Trinajstić information content (AvgIpc) is 3.60. The highest BCUT2D eigenvalue weighted by Crippen LogP contribution is 2.36. The van der Waals surface area contributed by atoms with Crippen molar-refractivity contribution in [1.29, 1.82) is 0 Å². The van der Waals surface area contributed by atoms with Crippen molar-refractivity contribution in [2.45, 2.75) is 37.0 Å². The fourth-order valence-corrected chi connectivity index (χ4v) is 6.12. The van der Waals surface area contributed by atoms with Gasteiger partial charge >= 0.3 is 0 Å². The number of piperidine rings is 1. The summed E-state index contributed by atoms with van der Waals surface area (Å²) in [6.07, 6.45) is 6.55. The highest BCUT2D eigenvalue weighted by atomic mass is 35.5. The van der Waals surface area contributed by atoms with E-state index < -0.39 is 10.0 Å². The molecule has 5 nitrogen and oxygen atoms in total. The lowest BCUT2D eigenvalue weighted by molar-refractivity contribution is 0.137. The molecule has 1 aliphatic heterocycles. The lowest BCUT2D eigenvalue weighted by Gasteiger charge is -2.31. The van der Waals surface area contributed by atoms with Gasteiger partial charge in [-0.2, -0.15) is 0 Å². The molecule has 0 bridgehead atoms. The number of pyridine rings is 1. The molecule has 30 heavy (non-hydrogen) atoms. The Labute approximate surface area is 181 Å². The van der Waals surface area contributed by atoms with E-state index in [1.165, 1.54) is 0 Å². The molecule has 5 rings (SSSR count). The van der Waals surface area contributed by atoms with Gasteiger partial charge in [-0.1, -0.05) is 23.7 Å². The third kappa shape index (κ3) is 3.92. The number of rotatable bonds is 5. The standard InChI is InChI=1S/C23H23ClN2O3S/c24-19-3-1-2-16(13-19)18-12-17-6-9-25-15-22(17)23(14-18)29-20-7-10-26(11-8-20)30(27,28)21-4-5-21/h1-3,6,9,12-15,20-21H,4-5,7-8,10-11H2. The lowest BCUT2D eigenvalue weighted by atomic mass is 10.0. The number of fused-ring (bicyclic) bond motifs is 1. The molecule has 0 unspecified atom stereocenters. The summed E-state index contributed by atoms with van der Waals surface area (Å²) in [4.78, 5) is 4.27. The number of aromatic nitrogens is 1. The van der Waals surface area contributed by atoms with Gasteiger partial charge in [-0.25, -0.2) is 12.7 Å². The van der Waals surface area contributed by atoms with Crippen LogP contribution in [0.5, 0.6) is 5.75 Å². The molecule has 2 aliphatic rings. The van der Waals surface area contributed by atoms with E-state index in [4.69, 9.17) is 16.3 Å². The molecular weight excluding hydrogens is 420 g/mol. The summed E-state index contributed by atoms with van der Waals surface area (Å²) < 4.78 is 33.0. The van der Waals surface area contributed by atoms with Gasteiger partial charge in [0.05, 0.1) is 5.25 Å². The van der Waals surface area contributed by atoms with Gasteiger partial charge in [0, 0.05) is 35.9 Å². The van der Waals surface area contributed by atoms with Crippen LogP contribution in [0.3, 0.4) is 0 Å². The molecule has 0 radical (unpaired) electrons. The van der Waals surface area contributed by atoms with E-state index in [9.17, 15) is 8.42 Å². The zero-order chi connectivity index (χ0) is 20.7. The number of benzene rings is 2. The summed E-state index contributed by atoms with van der Waals surface area (Å²) in [5.74, 6) is 0.777. The fraction of sp³-hybridized carbons (Fsp3) is 0.348. The van der Waals surface area contributed by atoms with E-state index >= 15 is 0 Å². The number of ether oxygens (including phenoxy) is 1. The van der Waals surface area contributed by atoms with E-state index in [-0.39, 0.29) is 11.4 Å². The first kappa shape index (κ1) is 19.8. The van der Waals surface area contributed by atoms with Crippen molar-refractivity contribution >= 4 is 32.4 Å². The average molecular weight is 443 g/mol. The molecular formula is C23H23ClN2O3S. The molecule has 156 valence electrons. The van der Waals surface area contributed by atoms with Gasteiger partial charge in [-0.15, -0.1) is 0 Å². The summed E-state index contributed by atoms with van der Waals surface area (Å²) in [6, 6.07) is 13.9. The van der Waals surface area contributed by atoms with Crippen LogP contribution in [0.1, 0.15) is 25.7 Å². The predicted molar refractivity (Wildman–Crippen MR) is 119 cm³/mol. The van der Waals surface area contributed by atoms with Crippen LogP contribution in [0.15, 0.2) is 54.9 Å². The highest BCUT2D eigenvalue weighted by Gasteiger charge is 2.41. The summed E-state index contributed by atoms with van der Waals surface area (Å²) in [5.41, 5.74) is 2.05. The highest BCUT2D eigenvalue weighted by molar-refractivity contribution is 7.90. The molecule has 0 atom stereocenters. The molecule has 1 aliphatic carbocycles. The van der Waals surface area contributed by atoms with Crippen LogP contribution in [0, 0.1) is 0 Å². The van der Waals surface area contributed by atoms with E-state index in [1.54, 1.807) is 10.5 Å². The van der Waals surface area contributed by atoms with Crippen LogP contribution < -0.4 is 4.74 Å². The van der Waals surface area contributed by atoms with Gasteiger partial charge in [-0.05, 0) is 72.5 Å². The molecule has 1 saturated heterocycles. The normalized spacial score (nSPS) is 18.6. The van der Waals surface area contributed by atoms with Crippen LogP contribution >= 0.6 is 11.6 Å². The molecule has 3 aromatic rings. The third-order valence-corrected chi connectivity index (χ3v) is 8.51. The van der Waals surface area contributed by atoms with Crippen LogP contribution in [0.25, 0.3) is 21.9 Å². The predicted octanol–water partition coefficient (Wildman–Crippen LogP) is 4.89. The van der Waals surface area contributed by atoms with E-state index in [0.29, 0.717) is 31.0 Å². The summed E-state index contributed by atoms with van der Waals surface area (Å²) in [7, 11) is -3.11. The number of hydrogen-bond donors (Lipinski definition) is 0. The fourth-order valence-electron chi connectivity index (χ4n) is 4.06. The molecule has 2 heterocycles. The number of hydrogen-bond acceptors (Lipinski definition) is 4. The number of halogens is 1. The largest absolute Gasteiger partial charge is 0.490 e. The van der Waals surface area contributed by atoms with Gasteiger partial charge < -0.3 is 4.74 Å². The Hall–Kier alpha value is -2.15. The maximum absolute atomic E-state index is 12.5. The minimum Gasteiger partial charge on any atom is -0.490 e. The monoisotopic (exact) mass is 442 g/mol. The van der Waals surface area contributed by atoms with Crippen LogP contribution in [0.2, 0.25) is 5.02 Å². The van der Waals surface area contributed by atoms with Crippen molar-refractivity contribution in [3.63, 3.8) is 0 Å². The Bertz CT molecular complexity index is 1190. The van der Waals surface area contributed by atoms with Crippen molar-refractivity contribution in [2.24, 2.45) is 0 Å². The summed E-state index contributed by atoms with van der Waals surface area (Å²) in [5, 5.41) is 2.54. The van der Waals surface area contributed by atoms with Gasteiger partial charge in [0.1, 0.15) is 11.9 Å². The van der Waals surface area contributed by atoms with Crippen LogP contribution in [0.4, 0.5) is 0 Å². The second kappa shape index (κ2) is 7.84. The van der Waals surface area contributed by atoms with E-state index in [1.807, 2.05) is 42.6 Å². The first-order valence-electron chi connectivity index (χ1n) is 10.3. The van der Waals surface area contributed by atoms with Gasteiger partial charge in [0.15, 0.2) is 0 Å². The Morgan fingerprint density at radius 1 is 1.00 bits per heavy atom. The van der Waals surface area contributed by atoms with E-state index in [0.717, 1.165) is 40.5 Å². The molecule has 0 spiro atoms. The molecule has 0 N–H and O–H groups in total. The van der Waals surface area contributed by atoms with Crippen molar-refractivity contribution in [2.75, 3.05) is 13.1 Å². The lowest BCUT2D eigenvalue weighted by Crippen LogP contribution is -2.43. The molecule has 1 saturated carbocycles. The second-order valence-electron chi connectivity index (χ2n) is 8.04. The molecule has 1 aromatic heterocycles. The van der Waals surface area contributed by atoms with Gasteiger partial charge in [-0.3, -0.25) is 4.98 Å². The van der Waals surface area contributed by atoms with Gasteiger partial charge in [0.25, 0.3) is 0 Å². The zero-order valence-corrected chi connectivity index (χ0v) is 18.1. The first-order valence-corrected chi connectivity index (χ1v) is 12.2. The molecule has 2 aromatic carbocycles. The van der Waals surface area contributed by atoms with Crippen molar-refractivity contribution in [3.05, 3.63) is 59.9 Å². The summed E-state index contributed by atoms with van der Waals surface area (Å²) in [6.45, 7) is 1.04. The smallest absolute Gasteiger partial charge is 0.216 e. The molecule has 2 fully saturated rings. The first-order chi connectivity index (χ1) is 14.5. The Balaban J connectivity index is 1.40. The quantitative estimate of drug-likeness (QED) is 0.564. The zero-order valence-electron chi connectivity index (χ0n) is 16.5. The number of sulfonamides is 1. The molecule has 7 heteroatoms. The summed E-state index contributed by atoms with van der Waals surface area (Å²) >= 11 is 6.19. The third-order valence-electron chi connectivity index (χ3n) is 5.88. The van der Waals surface area contributed by atoms with Crippen LogP contribution in [-0.2, 0) is 10.0 Å². The van der Waals surface area contributed by atoms with Crippen molar-refractivity contribution < 1.29 is 13.2 Å². The maximum Gasteiger partial charge on any atom is 0.216 e. The minimum atomic E-state index is -3.11. The van der Waals surface area contributed by atoms with Crippen LogP contribution in [-0.4, -0.2) is 42.2 Å². The Morgan fingerprint density at radius 2 is 1.80 bits per heavy atom. The molecule has 0 amide bonds. The Morgan fingerprint density at radius 3 is 2.53 bits per heavy atom. The van der Waals surface area contributed by atoms with Crippen molar-refractivity contribution in [3.8, 4) is 16.9 Å². The SMILES string of the molecule is O=S(=O)(C1CC1)N1CCC(Oc2cc(-c3cccc(Cl)c3)cc3ccncc23)CC1. The van der Waals surface area contributed by atoms with Gasteiger partial charge in [0.2, 0.25) is 10.0 Å².